The Kier molecular flexibility index (Phi) is 2.25. The second-order valence-electron chi connectivity index (χ2n) is 5.16. The molecular formula is C13H18FN. The average molecular weight is 207 g/mol. The Morgan fingerprint density at radius 2 is 1.93 bits per heavy atom. The fourth-order valence-corrected chi connectivity index (χ4v) is 2.39. The molecule has 1 nitrogen and oxygen atoms in total. The molecule has 2 atom stereocenters. The molecule has 2 heteroatoms. The quantitative estimate of drug-likeness (QED) is 0.683. The lowest BCUT2D eigenvalue weighted by molar-refractivity contribution is 0.315. The van der Waals surface area contributed by atoms with Crippen LogP contribution in [0.15, 0.2) is 18.2 Å². The van der Waals surface area contributed by atoms with Crippen molar-refractivity contribution >= 4 is 5.69 Å². The first-order chi connectivity index (χ1) is 6.92. The molecule has 1 N–H and O–H groups in total. The molecule has 15 heavy (non-hydrogen) atoms. The average Bonchev–Trinajstić information content (AvgIpc) is 2.13. The van der Waals surface area contributed by atoms with Crippen molar-refractivity contribution in [2.75, 3.05) is 5.32 Å². The summed E-state index contributed by atoms with van der Waals surface area (Å²) < 4.78 is 13.1. The van der Waals surface area contributed by atoms with Crippen molar-refractivity contribution in [2.24, 2.45) is 5.92 Å². The van der Waals surface area contributed by atoms with Gasteiger partial charge in [-0.2, -0.15) is 0 Å². The minimum absolute atomic E-state index is 0.0280. The van der Waals surface area contributed by atoms with E-state index in [2.05, 4.69) is 33.0 Å². The van der Waals surface area contributed by atoms with E-state index in [4.69, 9.17) is 0 Å². The third-order valence-electron chi connectivity index (χ3n) is 3.85. The van der Waals surface area contributed by atoms with Gasteiger partial charge in [0.25, 0.3) is 0 Å². The third-order valence-corrected chi connectivity index (χ3v) is 3.85. The van der Waals surface area contributed by atoms with Crippen LogP contribution in [-0.4, -0.2) is 5.54 Å². The van der Waals surface area contributed by atoms with E-state index in [1.807, 2.05) is 6.07 Å². The van der Waals surface area contributed by atoms with Crippen LogP contribution in [0.2, 0.25) is 0 Å². The number of benzene rings is 1. The number of halogens is 1. The molecule has 0 aromatic heterocycles. The van der Waals surface area contributed by atoms with Crippen LogP contribution in [0.4, 0.5) is 10.1 Å². The van der Waals surface area contributed by atoms with Crippen LogP contribution in [0.3, 0.4) is 0 Å². The summed E-state index contributed by atoms with van der Waals surface area (Å²) in [5.41, 5.74) is 2.20. The number of rotatable bonds is 0. The Morgan fingerprint density at radius 3 is 2.60 bits per heavy atom. The van der Waals surface area contributed by atoms with Gasteiger partial charge in [0.1, 0.15) is 5.82 Å². The molecule has 1 aromatic rings. The molecule has 0 aliphatic carbocycles. The molecule has 2 rings (SSSR count). The van der Waals surface area contributed by atoms with Crippen molar-refractivity contribution in [2.45, 2.75) is 39.2 Å². The second kappa shape index (κ2) is 3.22. The zero-order valence-corrected chi connectivity index (χ0v) is 9.76. The minimum Gasteiger partial charge on any atom is -0.380 e. The normalized spacial score (nSPS) is 28.1. The van der Waals surface area contributed by atoms with E-state index in [0.29, 0.717) is 11.8 Å². The van der Waals surface area contributed by atoms with Gasteiger partial charge in [0.15, 0.2) is 0 Å². The molecule has 0 radical (unpaired) electrons. The summed E-state index contributed by atoms with van der Waals surface area (Å²) >= 11 is 0. The Morgan fingerprint density at radius 1 is 1.27 bits per heavy atom. The highest BCUT2D eigenvalue weighted by molar-refractivity contribution is 5.57. The standard InChI is InChI=1S/C13H18FN/c1-8-9(2)13(3,4)15-12-7-10(14)5-6-11(8)12/h5-9,15H,1-4H3. The first-order valence-electron chi connectivity index (χ1n) is 5.49. The van der Waals surface area contributed by atoms with E-state index in [1.165, 1.54) is 5.56 Å². The fourth-order valence-electron chi connectivity index (χ4n) is 2.39. The minimum atomic E-state index is -0.168. The van der Waals surface area contributed by atoms with Crippen molar-refractivity contribution in [1.29, 1.82) is 0 Å². The van der Waals surface area contributed by atoms with Gasteiger partial charge in [0.2, 0.25) is 0 Å². The molecule has 0 saturated carbocycles. The van der Waals surface area contributed by atoms with E-state index in [0.717, 1.165) is 5.69 Å². The summed E-state index contributed by atoms with van der Waals surface area (Å²) in [6.45, 7) is 8.79. The van der Waals surface area contributed by atoms with Gasteiger partial charge in [-0.15, -0.1) is 0 Å². The van der Waals surface area contributed by atoms with Gasteiger partial charge in [-0.3, -0.25) is 0 Å². The second-order valence-corrected chi connectivity index (χ2v) is 5.16. The summed E-state index contributed by atoms with van der Waals surface area (Å²) in [7, 11) is 0. The maximum absolute atomic E-state index is 13.1. The van der Waals surface area contributed by atoms with E-state index in [1.54, 1.807) is 12.1 Å². The van der Waals surface area contributed by atoms with Gasteiger partial charge in [0.05, 0.1) is 0 Å². The highest BCUT2D eigenvalue weighted by atomic mass is 19.1. The van der Waals surface area contributed by atoms with Gasteiger partial charge in [0, 0.05) is 11.2 Å². The lowest BCUT2D eigenvalue weighted by Crippen LogP contribution is -2.44. The number of hydrogen-bond acceptors (Lipinski definition) is 1. The molecule has 1 aromatic carbocycles. The van der Waals surface area contributed by atoms with E-state index in [-0.39, 0.29) is 11.4 Å². The molecule has 0 amide bonds. The molecule has 0 fully saturated rings. The van der Waals surface area contributed by atoms with Crippen LogP contribution in [0, 0.1) is 11.7 Å². The molecule has 0 spiro atoms. The smallest absolute Gasteiger partial charge is 0.125 e. The monoisotopic (exact) mass is 207 g/mol. The van der Waals surface area contributed by atoms with E-state index >= 15 is 0 Å². The van der Waals surface area contributed by atoms with Crippen LogP contribution in [0.5, 0.6) is 0 Å². The number of anilines is 1. The molecule has 0 bridgehead atoms. The van der Waals surface area contributed by atoms with Crippen LogP contribution in [-0.2, 0) is 0 Å². The maximum Gasteiger partial charge on any atom is 0.125 e. The summed E-state index contributed by atoms with van der Waals surface area (Å²) in [6, 6.07) is 5.04. The lowest BCUT2D eigenvalue weighted by atomic mass is 9.73. The van der Waals surface area contributed by atoms with Crippen molar-refractivity contribution in [3.8, 4) is 0 Å². The summed E-state index contributed by atoms with van der Waals surface area (Å²) in [5, 5.41) is 3.42. The Bertz CT molecular complexity index is 384. The zero-order valence-electron chi connectivity index (χ0n) is 9.76. The van der Waals surface area contributed by atoms with E-state index in [9.17, 15) is 4.39 Å². The van der Waals surface area contributed by atoms with Gasteiger partial charge < -0.3 is 5.32 Å². The Labute approximate surface area is 90.7 Å². The number of fused-ring (bicyclic) bond motifs is 1. The molecule has 82 valence electrons. The first kappa shape index (κ1) is 10.5. The van der Waals surface area contributed by atoms with Crippen LogP contribution < -0.4 is 5.32 Å². The topological polar surface area (TPSA) is 12.0 Å². The van der Waals surface area contributed by atoms with E-state index < -0.39 is 0 Å². The first-order valence-corrected chi connectivity index (χ1v) is 5.49. The Hall–Kier alpha value is -1.05. The predicted octanol–water partition coefficient (Wildman–Crippen LogP) is 3.77. The molecular weight excluding hydrogens is 189 g/mol. The largest absolute Gasteiger partial charge is 0.380 e. The molecule has 1 aliphatic heterocycles. The highest BCUT2D eigenvalue weighted by Gasteiger charge is 2.36. The van der Waals surface area contributed by atoms with Crippen molar-refractivity contribution in [3.63, 3.8) is 0 Å². The zero-order chi connectivity index (χ0) is 11.2. The van der Waals surface area contributed by atoms with Gasteiger partial charge in [-0.1, -0.05) is 19.9 Å². The van der Waals surface area contributed by atoms with Crippen LogP contribution >= 0.6 is 0 Å². The van der Waals surface area contributed by atoms with Crippen molar-refractivity contribution in [1.82, 2.24) is 0 Å². The maximum atomic E-state index is 13.1. The number of hydrogen-bond donors (Lipinski definition) is 1. The van der Waals surface area contributed by atoms with Crippen molar-refractivity contribution < 1.29 is 4.39 Å². The summed E-state index contributed by atoms with van der Waals surface area (Å²) in [4.78, 5) is 0. The van der Waals surface area contributed by atoms with Gasteiger partial charge in [-0.05, 0) is 43.4 Å². The molecule has 1 heterocycles. The fraction of sp³-hybridized carbons (Fsp3) is 0.538. The predicted molar refractivity (Wildman–Crippen MR) is 61.7 cm³/mol. The SMILES string of the molecule is CC1c2ccc(F)cc2NC(C)(C)C1C. The van der Waals surface area contributed by atoms with Gasteiger partial charge in [-0.25, -0.2) is 4.39 Å². The van der Waals surface area contributed by atoms with Crippen molar-refractivity contribution in [3.05, 3.63) is 29.6 Å². The van der Waals surface area contributed by atoms with Crippen LogP contribution in [0.1, 0.15) is 39.2 Å². The number of nitrogens with one attached hydrogen (secondary N) is 1. The lowest BCUT2D eigenvalue weighted by Gasteiger charge is -2.43. The summed E-state index contributed by atoms with van der Waals surface area (Å²) in [5.74, 6) is 0.839. The molecule has 0 saturated heterocycles. The molecule has 1 aliphatic rings. The third kappa shape index (κ3) is 1.62. The summed E-state index contributed by atoms with van der Waals surface area (Å²) in [6.07, 6.45) is 0. The highest BCUT2D eigenvalue weighted by Crippen LogP contribution is 2.42. The van der Waals surface area contributed by atoms with Crippen LogP contribution in [0.25, 0.3) is 0 Å². The Balaban J connectivity index is 2.50. The molecule has 2 unspecified atom stereocenters. The van der Waals surface area contributed by atoms with Gasteiger partial charge >= 0.3 is 0 Å².